The van der Waals surface area contributed by atoms with E-state index in [-0.39, 0.29) is 0 Å². The van der Waals surface area contributed by atoms with Crippen molar-refractivity contribution in [2.45, 2.75) is 6.42 Å². The minimum absolute atomic E-state index is 0.325. The van der Waals surface area contributed by atoms with Crippen LogP contribution in [0.3, 0.4) is 0 Å². The Labute approximate surface area is 96.8 Å². The number of aromatic nitrogens is 3. The van der Waals surface area contributed by atoms with Crippen LogP contribution < -0.4 is 5.32 Å². The van der Waals surface area contributed by atoms with Crippen LogP contribution in [0.25, 0.3) is 0 Å². The number of hydrogen-bond donors (Lipinski definition) is 1. The molecule has 80 valence electrons. The van der Waals surface area contributed by atoms with Crippen molar-refractivity contribution < 1.29 is 0 Å². The van der Waals surface area contributed by atoms with Crippen LogP contribution in [0.1, 0.15) is 10.7 Å². The predicted molar refractivity (Wildman–Crippen MR) is 61.1 cm³/mol. The van der Waals surface area contributed by atoms with Crippen molar-refractivity contribution in [3.8, 4) is 6.07 Å². The van der Waals surface area contributed by atoms with E-state index in [4.69, 9.17) is 5.26 Å². The first-order valence-electron chi connectivity index (χ1n) is 4.73. The zero-order valence-electron chi connectivity index (χ0n) is 8.42. The van der Waals surface area contributed by atoms with Gasteiger partial charge in [-0.05, 0) is 0 Å². The second-order valence-electron chi connectivity index (χ2n) is 3.00. The molecule has 0 fully saturated rings. The molecule has 0 aliphatic heterocycles. The van der Waals surface area contributed by atoms with Crippen molar-refractivity contribution in [2.75, 3.05) is 11.9 Å². The van der Waals surface area contributed by atoms with E-state index in [1.165, 1.54) is 6.20 Å². The summed E-state index contributed by atoms with van der Waals surface area (Å²) in [5.74, 6) is 0.676. The lowest BCUT2D eigenvalue weighted by atomic mass is 10.4. The first-order chi connectivity index (χ1) is 7.88. The van der Waals surface area contributed by atoms with Crippen LogP contribution in [-0.2, 0) is 6.42 Å². The monoisotopic (exact) mass is 231 g/mol. The SMILES string of the molecule is N#Cc1cnc(NCCc2nccs2)cn1. The molecule has 0 bridgehead atoms. The molecule has 0 radical (unpaired) electrons. The number of hydrogen-bond acceptors (Lipinski definition) is 6. The summed E-state index contributed by atoms with van der Waals surface area (Å²) in [6, 6.07) is 1.92. The third-order valence-electron chi connectivity index (χ3n) is 1.89. The fourth-order valence-electron chi connectivity index (χ4n) is 1.15. The number of anilines is 1. The normalized spacial score (nSPS) is 9.69. The molecule has 2 rings (SSSR count). The summed E-state index contributed by atoms with van der Waals surface area (Å²) in [5, 5.41) is 14.7. The van der Waals surface area contributed by atoms with Crippen LogP contribution in [0, 0.1) is 11.3 Å². The largest absolute Gasteiger partial charge is 0.368 e. The third-order valence-corrected chi connectivity index (χ3v) is 2.73. The molecular weight excluding hydrogens is 222 g/mol. The fraction of sp³-hybridized carbons (Fsp3) is 0.200. The maximum Gasteiger partial charge on any atom is 0.158 e. The van der Waals surface area contributed by atoms with Gasteiger partial charge in [0.15, 0.2) is 5.69 Å². The Morgan fingerprint density at radius 2 is 2.25 bits per heavy atom. The van der Waals surface area contributed by atoms with Crippen LogP contribution in [0.2, 0.25) is 0 Å². The van der Waals surface area contributed by atoms with Crippen LogP contribution in [0.5, 0.6) is 0 Å². The third kappa shape index (κ3) is 2.74. The number of nitriles is 1. The first kappa shape index (κ1) is 10.5. The molecule has 2 heterocycles. The maximum absolute atomic E-state index is 8.55. The Morgan fingerprint density at radius 1 is 1.31 bits per heavy atom. The molecule has 0 unspecified atom stereocenters. The van der Waals surface area contributed by atoms with Gasteiger partial charge in [0, 0.05) is 24.5 Å². The van der Waals surface area contributed by atoms with Crippen molar-refractivity contribution >= 4 is 17.2 Å². The molecule has 0 aromatic carbocycles. The van der Waals surface area contributed by atoms with E-state index in [0.29, 0.717) is 11.5 Å². The number of nitrogens with one attached hydrogen (secondary N) is 1. The second kappa shape index (κ2) is 5.19. The van der Waals surface area contributed by atoms with Gasteiger partial charge in [-0.15, -0.1) is 11.3 Å². The van der Waals surface area contributed by atoms with Gasteiger partial charge in [0.25, 0.3) is 0 Å². The molecule has 2 aromatic rings. The molecule has 1 N–H and O–H groups in total. The van der Waals surface area contributed by atoms with Crippen LogP contribution in [0.4, 0.5) is 5.82 Å². The van der Waals surface area contributed by atoms with E-state index < -0.39 is 0 Å². The van der Waals surface area contributed by atoms with Crippen LogP contribution >= 0.6 is 11.3 Å². The van der Waals surface area contributed by atoms with E-state index in [2.05, 4.69) is 20.3 Å². The van der Waals surface area contributed by atoms with Crippen molar-refractivity contribution in [1.29, 1.82) is 5.26 Å². The van der Waals surface area contributed by atoms with E-state index in [1.54, 1.807) is 23.7 Å². The predicted octanol–water partition coefficient (Wildman–Crippen LogP) is 1.46. The molecule has 2 aromatic heterocycles. The Kier molecular flexibility index (Phi) is 3.41. The molecule has 16 heavy (non-hydrogen) atoms. The Bertz CT molecular complexity index is 471. The highest BCUT2D eigenvalue weighted by Crippen LogP contribution is 2.05. The molecule has 0 aliphatic carbocycles. The topological polar surface area (TPSA) is 74.5 Å². The minimum atomic E-state index is 0.325. The highest BCUT2D eigenvalue weighted by Gasteiger charge is 1.97. The number of thiazole rings is 1. The molecule has 0 saturated heterocycles. The summed E-state index contributed by atoms with van der Waals surface area (Å²) in [6.45, 7) is 0.758. The highest BCUT2D eigenvalue weighted by molar-refractivity contribution is 7.09. The summed E-state index contributed by atoms with van der Waals surface area (Å²) in [7, 11) is 0. The lowest BCUT2D eigenvalue weighted by Gasteiger charge is -2.02. The first-order valence-corrected chi connectivity index (χ1v) is 5.61. The zero-order valence-corrected chi connectivity index (χ0v) is 9.24. The van der Waals surface area contributed by atoms with E-state index >= 15 is 0 Å². The number of rotatable bonds is 4. The van der Waals surface area contributed by atoms with E-state index in [1.807, 2.05) is 11.4 Å². The number of nitrogens with zero attached hydrogens (tertiary/aromatic N) is 4. The van der Waals surface area contributed by atoms with Gasteiger partial charge in [0.05, 0.1) is 17.4 Å². The van der Waals surface area contributed by atoms with Gasteiger partial charge in [-0.1, -0.05) is 0 Å². The Balaban J connectivity index is 1.83. The van der Waals surface area contributed by atoms with E-state index in [9.17, 15) is 0 Å². The summed E-state index contributed by atoms with van der Waals surface area (Å²) in [6.07, 6.45) is 5.66. The molecule has 0 saturated carbocycles. The molecule has 5 nitrogen and oxygen atoms in total. The average molecular weight is 231 g/mol. The highest BCUT2D eigenvalue weighted by atomic mass is 32.1. The summed E-state index contributed by atoms with van der Waals surface area (Å²) in [5.41, 5.74) is 0.325. The van der Waals surface area contributed by atoms with Gasteiger partial charge in [-0.2, -0.15) is 5.26 Å². The summed E-state index contributed by atoms with van der Waals surface area (Å²) >= 11 is 1.63. The molecule has 0 spiro atoms. The zero-order chi connectivity index (χ0) is 11.2. The molecular formula is C10H9N5S. The van der Waals surface area contributed by atoms with Crippen molar-refractivity contribution in [3.05, 3.63) is 34.7 Å². The van der Waals surface area contributed by atoms with Crippen molar-refractivity contribution in [2.24, 2.45) is 0 Å². The Hall–Kier alpha value is -2.00. The smallest absolute Gasteiger partial charge is 0.158 e. The molecule has 0 aliphatic rings. The van der Waals surface area contributed by atoms with Gasteiger partial charge >= 0.3 is 0 Å². The van der Waals surface area contributed by atoms with Gasteiger partial charge in [0.1, 0.15) is 11.9 Å². The van der Waals surface area contributed by atoms with E-state index in [0.717, 1.165) is 18.0 Å². The lowest BCUT2D eigenvalue weighted by molar-refractivity contribution is 0.981. The standard InChI is InChI=1S/C10H9N5S/c11-5-8-6-15-9(7-14-8)12-2-1-10-13-3-4-16-10/h3-4,6-7H,1-2H2,(H,12,15). The van der Waals surface area contributed by atoms with Gasteiger partial charge < -0.3 is 5.32 Å². The molecule has 0 amide bonds. The minimum Gasteiger partial charge on any atom is -0.368 e. The van der Waals surface area contributed by atoms with Gasteiger partial charge in [-0.3, -0.25) is 0 Å². The molecule has 0 atom stereocenters. The average Bonchev–Trinajstić information content (AvgIpc) is 2.83. The van der Waals surface area contributed by atoms with Crippen LogP contribution in [-0.4, -0.2) is 21.5 Å². The summed E-state index contributed by atoms with van der Waals surface area (Å²) in [4.78, 5) is 12.1. The van der Waals surface area contributed by atoms with Crippen molar-refractivity contribution in [3.63, 3.8) is 0 Å². The van der Waals surface area contributed by atoms with Crippen molar-refractivity contribution in [1.82, 2.24) is 15.0 Å². The molecule has 6 heteroatoms. The fourth-order valence-corrected chi connectivity index (χ4v) is 1.77. The van der Waals surface area contributed by atoms with Gasteiger partial charge in [-0.25, -0.2) is 15.0 Å². The Morgan fingerprint density at radius 3 is 2.88 bits per heavy atom. The van der Waals surface area contributed by atoms with Gasteiger partial charge in [0.2, 0.25) is 0 Å². The maximum atomic E-state index is 8.55. The van der Waals surface area contributed by atoms with Crippen LogP contribution in [0.15, 0.2) is 24.0 Å². The summed E-state index contributed by atoms with van der Waals surface area (Å²) < 4.78 is 0. The quantitative estimate of drug-likeness (QED) is 0.862. The lowest BCUT2D eigenvalue weighted by Crippen LogP contribution is -2.06. The second-order valence-corrected chi connectivity index (χ2v) is 3.98.